The van der Waals surface area contributed by atoms with Crippen molar-refractivity contribution in [3.8, 4) is 0 Å². The summed E-state index contributed by atoms with van der Waals surface area (Å²) in [6, 6.07) is 0. The minimum atomic E-state index is 0. The number of unbranched alkanes of at least 4 members (excludes halogenated alkanes) is 2. The molecule has 2 saturated heterocycles. The van der Waals surface area contributed by atoms with Crippen LogP contribution in [0.1, 0.15) is 39.0 Å². The molecule has 2 atom stereocenters. The summed E-state index contributed by atoms with van der Waals surface area (Å²) < 4.78 is 11.6. The van der Waals surface area contributed by atoms with Gasteiger partial charge in [0, 0.05) is 33.3 Å². The van der Waals surface area contributed by atoms with Crippen molar-refractivity contribution < 1.29 is 9.47 Å². The summed E-state index contributed by atoms with van der Waals surface area (Å²) >= 11 is 0. The maximum Gasteiger partial charge on any atom is 0.193 e. The SMILES string of the molecule is CCCCCNC(=NC)N1CCOC(C2CCCO2)C1.I. The second-order valence-corrected chi connectivity index (χ2v) is 5.59. The molecule has 2 heterocycles. The van der Waals surface area contributed by atoms with Crippen LogP contribution in [0.25, 0.3) is 0 Å². The van der Waals surface area contributed by atoms with E-state index in [1.165, 1.54) is 19.3 Å². The van der Waals surface area contributed by atoms with Crippen molar-refractivity contribution in [2.24, 2.45) is 4.99 Å². The quantitative estimate of drug-likeness (QED) is 0.326. The molecule has 0 amide bonds. The lowest BCUT2D eigenvalue weighted by Gasteiger charge is -2.37. The lowest BCUT2D eigenvalue weighted by molar-refractivity contribution is -0.0816. The summed E-state index contributed by atoms with van der Waals surface area (Å²) in [7, 11) is 1.86. The maximum atomic E-state index is 5.88. The standard InChI is InChI=1S/C15H29N3O2.HI/c1-3-4-5-8-17-15(16-2)18-9-11-20-14(12-18)13-7-6-10-19-13;/h13-14H,3-12H2,1-2H3,(H,16,17);1H. The van der Waals surface area contributed by atoms with Gasteiger partial charge >= 0.3 is 0 Å². The van der Waals surface area contributed by atoms with Gasteiger partial charge in [0.2, 0.25) is 0 Å². The molecule has 0 spiro atoms. The van der Waals surface area contributed by atoms with Crippen LogP contribution in [0.3, 0.4) is 0 Å². The smallest absolute Gasteiger partial charge is 0.193 e. The minimum Gasteiger partial charge on any atom is -0.375 e. The average Bonchev–Trinajstić information content (AvgIpc) is 3.02. The van der Waals surface area contributed by atoms with Gasteiger partial charge in [-0.15, -0.1) is 24.0 Å². The number of nitrogens with one attached hydrogen (secondary N) is 1. The summed E-state index contributed by atoms with van der Waals surface area (Å²) in [4.78, 5) is 6.71. The highest BCUT2D eigenvalue weighted by Gasteiger charge is 2.32. The molecular weight excluding hydrogens is 381 g/mol. The molecule has 0 aromatic rings. The number of rotatable bonds is 5. The van der Waals surface area contributed by atoms with Gasteiger partial charge < -0.3 is 19.7 Å². The molecule has 1 N–H and O–H groups in total. The largest absolute Gasteiger partial charge is 0.375 e. The summed E-state index contributed by atoms with van der Waals surface area (Å²) in [6.45, 7) is 6.68. The highest BCUT2D eigenvalue weighted by Crippen LogP contribution is 2.20. The van der Waals surface area contributed by atoms with Crippen LogP contribution >= 0.6 is 24.0 Å². The Hall–Kier alpha value is -0.0800. The first-order chi connectivity index (χ1) is 9.85. The topological polar surface area (TPSA) is 46.1 Å². The average molecular weight is 411 g/mol. The molecule has 2 rings (SSSR count). The van der Waals surface area contributed by atoms with Crippen LogP contribution in [0.4, 0.5) is 0 Å². The molecule has 6 heteroatoms. The lowest BCUT2D eigenvalue weighted by Crippen LogP contribution is -2.53. The molecule has 2 unspecified atom stereocenters. The van der Waals surface area contributed by atoms with E-state index in [2.05, 4.69) is 22.1 Å². The van der Waals surface area contributed by atoms with E-state index < -0.39 is 0 Å². The first kappa shape index (κ1) is 19.0. The second-order valence-electron chi connectivity index (χ2n) is 5.59. The summed E-state index contributed by atoms with van der Waals surface area (Å²) in [5.41, 5.74) is 0. The van der Waals surface area contributed by atoms with Crippen LogP contribution < -0.4 is 5.32 Å². The summed E-state index contributed by atoms with van der Waals surface area (Å²) in [5, 5.41) is 3.46. The number of hydrogen-bond donors (Lipinski definition) is 1. The number of halogens is 1. The Kier molecular flexibility index (Phi) is 9.59. The Morgan fingerprint density at radius 1 is 1.24 bits per heavy atom. The third-order valence-electron chi connectivity index (χ3n) is 4.05. The van der Waals surface area contributed by atoms with Gasteiger partial charge in [-0.05, 0) is 19.3 Å². The van der Waals surface area contributed by atoms with Crippen molar-refractivity contribution in [1.82, 2.24) is 10.2 Å². The van der Waals surface area contributed by atoms with Crippen LogP contribution in [0.2, 0.25) is 0 Å². The van der Waals surface area contributed by atoms with E-state index in [0.29, 0.717) is 0 Å². The van der Waals surface area contributed by atoms with E-state index in [-0.39, 0.29) is 36.2 Å². The van der Waals surface area contributed by atoms with Gasteiger partial charge in [0.15, 0.2) is 5.96 Å². The molecule has 2 aliphatic heterocycles. The Morgan fingerprint density at radius 3 is 2.71 bits per heavy atom. The van der Waals surface area contributed by atoms with E-state index in [9.17, 15) is 0 Å². The van der Waals surface area contributed by atoms with Gasteiger partial charge in [-0.2, -0.15) is 0 Å². The molecule has 0 aromatic carbocycles. The van der Waals surface area contributed by atoms with E-state index in [4.69, 9.17) is 9.47 Å². The molecule has 124 valence electrons. The molecule has 2 aliphatic rings. The van der Waals surface area contributed by atoms with Crippen molar-refractivity contribution in [3.63, 3.8) is 0 Å². The van der Waals surface area contributed by atoms with Gasteiger partial charge in [0.25, 0.3) is 0 Å². The van der Waals surface area contributed by atoms with Gasteiger partial charge in [0.05, 0.1) is 12.7 Å². The van der Waals surface area contributed by atoms with Crippen LogP contribution in [-0.2, 0) is 9.47 Å². The molecule has 21 heavy (non-hydrogen) atoms. The van der Waals surface area contributed by atoms with Gasteiger partial charge in [-0.3, -0.25) is 4.99 Å². The fraction of sp³-hybridized carbons (Fsp3) is 0.933. The van der Waals surface area contributed by atoms with Crippen LogP contribution in [0, 0.1) is 0 Å². The zero-order chi connectivity index (χ0) is 14.2. The van der Waals surface area contributed by atoms with E-state index in [1.54, 1.807) is 0 Å². The molecule has 5 nitrogen and oxygen atoms in total. The fourth-order valence-electron chi connectivity index (χ4n) is 2.90. The molecule has 0 aliphatic carbocycles. The van der Waals surface area contributed by atoms with Gasteiger partial charge in [-0.25, -0.2) is 0 Å². The first-order valence-electron chi connectivity index (χ1n) is 8.04. The van der Waals surface area contributed by atoms with Crippen molar-refractivity contribution in [3.05, 3.63) is 0 Å². The normalized spacial score (nSPS) is 26.6. The highest BCUT2D eigenvalue weighted by molar-refractivity contribution is 14.0. The number of ether oxygens (including phenoxy) is 2. The third kappa shape index (κ3) is 5.90. The van der Waals surface area contributed by atoms with Crippen molar-refractivity contribution in [2.45, 2.75) is 51.2 Å². The van der Waals surface area contributed by atoms with E-state index >= 15 is 0 Å². The van der Waals surface area contributed by atoms with Crippen molar-refractivity contribution in [1.29, 1.82) is 0 Å². The van der Waals surface area contributed by atoms with Crippen LogP contribution in [0.15, 0.2) is 4.99 Å². The number of aliphatic imine (C=N–C) groups is 1. The maximum absolute atomic E-state index is 5.88. The monoisotopic (exact) mass is 411 g/mol. The highest BCUT2D eigenvalue weighted by atomic mass is 127. The number of guanidine groups is 1. The Balaban J connectivity index is 0.00000220. The van der Waals surface area contributed by atoms with Crippen LogP contribution in [-0.4, -0.2) is 63.0 Å². The van der Waals surface area contributed by atoms with E-state index in [0.717, 1.165) is 51.6 Å². The van der Waals surface area contributed by atoms with Gasteiger partial charge in [-0.1, -0.05) is 19.8 Å². The van der Waals surface area contributed by atoms with Crippen molar-refractivity contribution in [2.75, 3.05) is 39.9 Å². The predicted octanol–water partition coefficient (Wildman–Crippen LogP) is 2.25. The Morgan fingerprint density at radius 2 is 2.05 bits per heavy atom. The van der Waals surface area contributed by atoms with Crippen LogP contribution in [0.5, 0.6) is 0 Å². The molecule has 0 bridgehead atoms. The Labute approximate surface area is 145 Å². The third-order valence-corrected chi connectivity index (χ3v) is 4.05. The fourth-order valence-corrected chi connectivity index (χ4v) is 2.90. The second kappa shape index (κ2) is 10.6. The number of hydrogen-bond acceptors (Lipinski definition) is 3. The number of nitrogens with zero attached hydrogens (tertiary/aromatic N) is 2. The zero-order valence-corrected chi connectivity index (χ0v) is 15.7. The van der Waals surface area contributed by atoms with Crippen molar-refractivity contribution >= 4 is 29.9 Å². The Bertz CT molecular complexity index is 309. The molecular formula is C15H30IN3O2. The summed E-state index contributed by atoms with van der Waals surface area (Å²) in [5.74, 6) is 1.01. The molecule has 2 fully saturated rings. The van der Waals surface area contributed by atoms with Gasteiger partial charge in [0.1, 0.15) is 6.10 Å². The first-order valence-corrected chi connectivity index (χ1v) is 8.04. The number of morpholine rings is 1. The predicted molar refractivity (Wildman–Crippen MR) is 96.6 cm³/mol. The molecule has 0 radical (unpaired) electrons. The minimum absolute atomic E-state index is 0. The molecule has 0 aromatic heterocycles. The summed E-state index contributed by atoms with van der Waals surface area (Å²) in [6.07, 6.45) is 6.48. The van der Waals surface area contributed by atoms with E-state index in [1.807, 2.05) is 7.05 Å². The zero-order valence-electron chi connectivity index (χ0n) is 13.3. The lowest BCUT2D eigenvalue weighted by atomic mass is 10.1. The molecule has 0 saturated carbocycles.